The van der Waals surface area contributed by atoms with Crippen molar-refractivity contribution in [2.45, 2.75) is 13.3 Å². The van der Waals surface area contributed by atoms with Gasteiger partial charge in [-0.1, -0.05) is 25.1 Å². The molecule has 0 aromatic heterocycles. The van der Waals surface area contributed by atoms with Gasteiger partial charge in [0.05, 0.1) is 24.5 Å². The number of likely N-dealkylation sites (N-methyl/N-ethyl adjacent to an activating group) is 1. The zero-order chi connectivity index (χ0) is 20.4. The predicted octanol–water partition coefficient (Wildman–Crippen LogP) is 3.84. The third kappa shape index (κ3) is 7.28. The summed E-state index contributed by atoms with van der Waals surface area (Å²) in [5.41, 5.74) is 2.16. The highest BCUT2D eigenvalue weighted by atomic mass is 16.2. The lowest BCUT2D eigenvalue weighted by Gasteiger charge is -2.22. The van der Waals surface area contributed by atoms with Crippen LogP contribution in [0, 0.1) is 0 Å². The molecule has 28 heavy (non-hydrogen) atoms. The number of hydrogen-bond donors (Lipinski definition) is 1. The standard InChI is InChI=1S/C21H27N5O2/c1-4-14-26(16-21(28)25(2)3)15-20(27)22-17-10-12-19(13-11-17)24-23-18-8-6-5-7-9-18/h5-13H,4,14-16H2,1-3H3,(H,22,27). The Hall–Kier alpha value is -3.06. The molecule has 7 nitrogen and oxygen atoms in total. The van der Waals surface area contributed by atoms with Crippen LogP contribution in [0.15, 0.2) is 64.8 Å². The van der Waals surface area contributed by atoms with Crippen LogP contribution in [-0.2, 0) is 9.59 Å². The number of benzene rings is 2. The summed E-state index contributed by atoms with van der Waals surface area (Å²) in [6, 6.07) is 16.6. The van der Waals surface area contributed by atoms with Gasteiger partial charge in [0.25, 0.3) is 0 Å². The smallest absolute Gasteiger partial charge is 0.238 e. The van der Waals surface area contributed by atoms with E-state index in [1.165, 1.54) is 4.90 Å². The first-order chi connectivity index (χ1) is 13.5. The van der Waals surface area contributed by atoms with E-state index in [9.17, 15) is 9.59 Å². The lowest BCUT2D eigenvalue weighted by molar-refractivity contribution is -0.130. The molecule has 2 rings (SSSR count). The maximum absolute atomic E-state index is 12.3. The van der Waals surface area contributed by atoms with Crippen LogP contribution in [0.25, 0.3) is 0 Å². The normalized spacial score (nSPS) is 11.0. The number of hydrogen-bond acceptors (Lipinski definition) is 5. The van der Waals surface area contributed by atoms with Crippen molar-refractivity contribution in [3.8, 4) is 0 Å². The van der Waals surface area contributed by atoms with E-state index in [0.29, 0.717) is 17.9 Å². The number of carbonyl (C=O) groups is 2. The molecule has 0 atom stereocenters. The minimum absolute atomic E-state index is 0.0191. The van der Waals surface area contributed by atoms with E-state index in [1.54, 1.807) is 38.4 Å². The van der Waals surface area contributed by atoms with Gasteiger partial charge in [0.2, 0.25) is 11.8 Å². The summed E-state index contributed by atoms with van der Waals surface area (Å²) in [6.07, 6.45) is 0.870. The molecule has 0 aliphatic carbocycles. The molecule has 0 radical (unpaired) electrons. The molecule has 7 heteroatoms. The largest absolute Gasteiger partial charge is 0.348 e. The Balaban J connectivity index is 1.90. The maximum atomic E-state index is 12.3. The van der Waals surface area contributed by atoms with Crippen molar-refractivity contribution in [1.82, 2.24) is 9.80 Å². The number of amides is 2. The molecule has 0 aliphatic rings. The van der Waals surface area contributed by atoms with Crippen LogP contribution in [0.2, 0.25) is 0 Å². The number of azo groups is 1. The summed E-state index contributed by atoms with van der Waals surface area (Å²) in [5.74, 6) is -0.173. The van der Waals surface area contributed by atoms with Crippen LogP contribution in [0.3, 0.4) is 0 Å². The molecule has 0 fully saturated rings. The molecule has 2 aromatic carbocycles. The number of nitrogens with zero attached hydrogens (tertiary/aromatic N) is 4. The third-order valence-corrected chi connectivity index (χ3v) is 3.95. The summed E-state index contributed by atoms with van der Waals surface area (Å²) in [4.78, 5) is 27.6. The Morgan fingerprint density at radius 3 is 2.07 bits per heavy atom. The SMILES string of the molecule is CCCN(CC(=O)Nc1ccc(N=Nc2ccccc2)cc1)CC(=O)N(C)C. The van der Waals surface area contributed by atoms with Gasteiger partial charge in [0.15, 0.2) is 0 Å². The van der Waals surface area contributed by atoms with Crippen LogP contribution in [0.5, 0.6) is 0 Å². The summed E-state index contributed by atoms with van der Waals surface area (Å²) in [6.45, 7) is 3.11. The zero-order valence-corrected chi connectivity index (χ0v) is 16.6. The average molecular weight is 381 g/mol. The molecule has 0 spiro atoms. The molecule has 0 heterocycles. The monoisotopic (exact) mass is 381 g/mol. The first kappa shape index (κ1) is 21.2. The van der Waals surface area contributed by atoms with Crippen LogP contribution >= 0.6 is 0 Å². The van der Waals surface area contributed by atoms with E-state index >= 15 is 0 Å². The second-order valence-corrected chi connectivity index (χ2v) is 6.63. The average Bonchev–Trinajstić information content (AvgIpc) is 2.68. The number of anilines is 1. The van der Waals surface area contributed by atoms with E-state index in [2.05, 4.69) is 15.5 Å². The third-order valence-electron chi connectivity index (χ3n) is 3.95. The number of rotatable bonds is 9. The molecule has 0 bridgehead atoms. The Labute approximate surface area is 166 Å². The van der Waals surface area contributed by atoms with Crippen LogP contribution in [-0.4, -0.2) is 55.3 Å². The van der Waals surface area contributed by atoms with Crippen molar-refractivity contribution in [2.24, 2.45) is 10.2 Å². The van der Waals surface area contributed by atoms with Crippen molar-refractivity contribution in [3.63, 3.8) is 0 Å². The van der Waals surface area contributed by atoms with Crippen LogP contribution in [0.4, 0.5) is 17.1 Å². The lowest BCUT2D eigenvalue weighted by atomic mass is 10.3. The molecule has 1 N–H and O–H groups in total. The van der Waals surface area contributed by atoms with Gasteiger partial charge in [0, 0.05) is 19.8 Å². The van der Waals surface area contributed by atoms with Crippen LogP contribution < -0.4 is 5.32 Å². The molecule has 0 unspecified atom stereocenters. The lowest BCUT2D eigenvalue weighted by Crippen LogP contribution is -2.41. The fraction of sp³-hybridized carbons (Fsp3) is 0.333. The van der Waals surface area contributed by atoms with E-state index < -0.39 is 0 Å². The molecule has 2 aromatic rings. The van der Waals surface area contributed by atoms with Gasteiger partial charge in [-0.2, -0.15) is 10.2 Å². The Morgan fingerprint density at radius 2 is 1.50 bits per heavy atom. The highest BCUT2D eigenvalue weighted by Crippen LogP contribution is 2.20. The first-order valence-corrected chi connectivity index (χ1v) is 9.27. The Kier molecular flexibility index (Phi) is 8.30. The molecule has 2 amide bonds. The Morgan fingerprint density at radius 1 is 0.893 bits per heavy atom. The fourth-order valence-corrected chi connectivity index (χ4v) is 2.49. The topological polar surface area (TPSA) is 77.4 Å². The van der Waals surface area contributed by atoms with Gasteiger partial charge in [-0.3, -0.25) is 14.5 Å². The second kappa shape index (κ2) is 10.9. The zero-order valence-electron chi connectivity index (χ0n) is 16.6. The first-order valence-electron chi connectivity index (χ1n) is 9.27. The van der Waals surface area contributed by atoms with Gasteiger partial charge in [0.1, 0.15) is 0 Å². The van der Waals surface area contributed by atoms with Crippen molar-refractivity contribution in [3.05, 3.63) is 54.6 Å². The van der Waals surface area contributed by atoms with Crippen molar-refractivity contribution >= 4 is 28.9 Å². The second-order valence-electron chi connectivity index (χ2n) is 6.63. The van der Waals surface area contributed by atoms with Gasteiger partial charge < -0.3 is 10.2 Å². The van der Waals surface area contributed by atoms with Gasteiger partial charge in [-0.15, -0.1) is 0 Å². The molecular formula is C21H27N5O2. The highest BCUT2D eigenvalue weighted by molar-refractivity contribution is 5.92. The summed E-state index contributed by atoms with van der Waals surface area (Å²) >= 11 is 0. The molecule has 0 aliphatic heterocycles. The fourth-order valence-electron chi connectivity index (χ4n) is 2.49. The van der Waals surface area contributed by atoms with Gasteiger partial charge in [-0.25, -0.2) is 0 Å². The van der Waals surface area contributed by atoms with Crippen LogP contribution in [0.1, 0.15) is 13.3 Å². The minimum atomic E-state index is -0.154. The molecular weight excluding hydrogens is 354 g/mol. The van der Waals surface area contributed by atoms with E-state index in [4.69, 9.17) is 0 Å². The predicted molar refractivity (Wildman–Crippen MR) is 111 cm³/mol. The van der Waals surface area contributed by atoms with Crippen molar-refractivity contribution in [1.29, 1.82) is 0 Å². The molecule has 0 saturated carbocycles. The summed E-state index contributed by atoms with van der Waals surface area (Å²) in [5, 5.41) is 11.2. The molecule has 148 valence electrons. The van der Waals surface area contributed by atoms with Gasteiger partial charge >= 0.3 is 0 Å². The summed E-state index contributed by atoms with van der Waals surface area (Å²) in [7, 11) is 3.42. The van der Waals surface area contributed by atoms with Crippen molar-refractivity contribution in [2.75, 3.05) is 39.0 Å². The quantitative estimate of drug-likeness (QED) is 0.671. The minimum Gasteiger partial charge on any atom is -0.348 e. The van der Waals surface area contributed by atoms with Gasteiger partial charge in [-0.05, 0) is 49.4 Å². The Bertz CT molecular complexity index is 788. The number of carbonyl (C=O) groups excluding carboxylic acids is 2. The van der Waals surface area contributed by atoms with E-state index in [0.717, 1.165) is 12.1 Å². The van der Waals surface area contributed by atoms with Crippen molar-refractivity contribution < 1.29 is 9.59 Å². The van der Waals surface area contributed by atoms with E-state index in [1.807, 2.05) is 42.2 Å². The summed E-state index contributed by atoms with van der Waals surface area (Å²) < 4.78 is 0. The molecule has 0 saturated heterocycles. The van der Waals surface area contributed by atoms with E-state index in [-0.39, 0.29) is 24.9 Å². The maximum Gasteiger partial charge on any atom is 0.238 e. The highest BCUT2D eigenvalue weighted by Gasteiger charge is 2.15. The number of nitrogens with one attached hydrogen (secondary N) is 1.